The van der Waals surface area contributed by atoms with Gasteiger partial charge in [-0.3, -0.25) is 9.36 Å². The van der Waals surface area contributed by atoms with E-state index in [1.165, 1.54) is 6.33 Å². The maximum atomic E-state index is 13.0. The first-order chi connectivity index (χ1) is 24.0. The standard InChI is InChI=1S/C39H36N4O6/c1-46-30-17-13-28(14-18-30)39(27-11-7-4-8-12-27,29-15-19-31(47-2)20-16-29)49-34-22-36(48-35(34)23-44)43-25-42-37-32(40-24-41-38(37)43)21-33(45)26-9-5-3-6-10-26/h3-20,24-25,34-36,44H,21-23H2,1-2H3/t34-,35+,36+/m0/s1. The highest BCUT2D eigenvalue weighted by Gasteiger charge is 2.46. The minimum absolute atomic E-state index is 0.0598. The number of hydrogen-bond donors (Lipinski definition) is 1. The van der Waals surface area contributed by atoms with Crippen molar-refractivity contribution in [3.05, 3.63) is 150 Å². The summed E-state index contributed by atoms with van der Waals surface area (Å²) in [5.74, 6) is 1.38. The number of fused-ring (bicyclic) bond motifs is 1. The van der Waals surface area contributed by atoms with E-state index in [4.69, 9.17) is 18.9 Å². The third-order valence-electron chi connectivity index (χ3n) is 9.03. The van der Waals surface area contributed by atoms with Gasteiger partial charge < -0.3 is 24.1 Å². The van der Waals surface area contributed by atoms with Crippen LogP contribution in [-0.4, -0.2) is 63.4 Å². The Kier molecular flexibility index (Phi) is 9.17. The number of nitrogens with zero attached hydrogens (tertiary/aromatic N) is 4. The maximum Gasteiger partial charge on any atom is 0.168 e. The number of ether oxygens (including phenoxy) is 4. The maximum absolute atomic E-state index is 13.0. The van der Waals surface area contributed by atoms with Crippen LogP contribution in [0.25, 0.3) is 11.2 Å². The minimum atomic E-state index is -1.10. The summed E-state index contributed by atoms with van der Waals surface area (Å²) < 4.78 is 26.6. The van der Waals surface area contributed by atoms with Crippen molar-refractivity contribution in [2.45, 2.75) is 36.9 Å². The van der Waals surface area contributed by atoms with Crippen molar-refractivity contribution < 1.29 is 28.8 Å². The van der Waals surface area contributed by atoms with Gasteiger partial charge in [-0.2, -0.15) is 0 Å². The Balaban J connectivity index is 1.26. The largest absolute Gasteiger partial charge is 0.497 e. The summed E-state index contributed by atoms with van der Waals surface area (Å²) in [6.07, 6.45) is 1.78. The molecule has 4 aromatic carbocycles. The van der Waals surface area contributed by atoms with Crippen LogP contribution in [0, 0.1) is 0 Å². The van der Waals surface area contributed by atoms with Crippen LogP contribution in [-0.2, 0) is 21.5 Å². The molecule has 6 aromatic rings. The lowest BCUT2D eigenvalue weighted by Gasteiger charge is -2.39. The number of carbonyl (C=O) groups is 1. The van der Waals surface area contributed by atoms with E-state index in [0.29, 0.717) is 28.8 Å². The van der Waals surface area contributed by atoms with E-state index in [-0.39, 0.29) is 18.8 Å². The molecule has 7 rings (SSSR count). The van der Waals surface area contributed by atoms with Crippen LogP contribution in [0.15, 0.2) is 122 Å². The fraction of sp³-hybridized carbons (Fsp3) is 0.231. The van der Waals surface area contributed by atoms with Crippen LogP contribution in [0.1, 0.15) is 45.4 Å². The van der Waals surface area contributed by atoms with E-state index in [1.54, 1.807) is 32.7 Å². The van der Waals surface area contributed by atoms with Crippen molar-refractivity contribution in [2.75, 3.05) is 20.8 Å². The van der Waals surface area contributed by atoms with Gasteiger partial charge in [-0.15, -0.1) is 0 Å². The SMILES string of the molecule is COc1ccc(C(O[C@H]2C[C@H](n3cnc4c(CC(=O)c5ccccc5)ncnc43)O[C@@H]2CO)(c2ccccc2)c2ccc(OC)cc2)cc1. The molecule has 1 saturated heterocycles. The molecule has 248 valence electrons. The highest BCUT2D eigenvalue weighted by Crippen LogP contribution is 2.46. The van der Waals surface area contributed by atoms with Gasteiger partial charge in [0.25, 0.3) is 0 Å². The average Bonchev–Trinajstić information content (AvgIpc) is 3.79. The van der Waals surface area contributed by atoms with Gasteiger partial charge in [0.05, 0.1) is 45.4 Å². The molecule has 1 aliphatic heterocycles. The molecule has 0 bridgehead atoms. The molecule has 0 aliphatic carbocycles. The zero-order valence-corrected chi connectivity index (χ0v) is 27.2. The molecule has 0 saturated carbocycles. The topological polar surface area (TPSA) is 118 Å². The Hall–Kier alpha value is -5.42. The molecule has 0 radical (unpaired) electrons. The first-order valence-corrected chi connectivity index (χ1v) is 16.1. The number of rotatable bonds is 12. The molecular formula is C39H36N4O6. The summed E-state index contributed by atoms with van der Waals surface area (Å²) in [5, 5.41) is 10.6. The summed E-state index contributed by atoms with van der Waals surface area (Å²) in [6.45, 7) is -0.268. The molecule has 0 unspecified atom stereocenters. The van der Waals surface area contributed by atoms with Crippen molar-refractivity contribution in [1.29, 1.82) is 0 Å². The molecule has 1 N–H and O–H groups in total. The predicted octanol–water partition coefficient (Wildman–Crippen LogP) is 5.93. The molecule has 1 fully saturated rings. The normalized spacial score (nSPS) is 17.7. The summed E-state index contributed by atoms with van der Waals surface area (Å²) in [7, 11) is 3.27. The van der Waals surface area contributed by atoms with Crippen LogP contribution in [0.3, 0.4) is 0 Å². The second-order valence-electron chi connectivity index (χ2n) is 11.8. The number of carbonyl (C=O) groups excluding carboxylic acids is 1. The van der Waals surface area contributed by atoms with Crippen LogP contribution < -0.4 is 9.47 Å². The lowest BCUT2D eigenvalue weighted by molar-refractivity contribution is -0.0988. The highest BCUT2D eigenvalue weighted by molar-refractivity contribution is 5.98. The number of benzene rings is 4. The van der Waals surface area contributed by atoms with Gasteiger partial charge in [-0.25, -0.2) is 15.0 Å². The van der Waals surface area contributed by atoms with Gasteiger partial charge in [0.1, 0.15) is 41.3 Å². The molecule has 0 amide bonds. The molecule has 0 spiro atoms. The first-order valence-electron chi connectivity index (χ1n) is 16.1. The third kappa shape index (κ3) is 6.17. The second-order valence-corrected chi connectivity index (χ2v) is 11.8. The van der Waals surface area contributed by atoms with Crippen LogP contribution >= 0.6 is 0 Å². The van der Waals surface area contributed by atoms with Crippen molar-refractivity contribution in [1.82, 2.24) is 19.5 Å². The number of ketones is 1. The van der Waals surface area contributed by atoms with E-state index in [0.717, 1.165) is 28.2 Å². The lowest BCUT2D eigenvalue weighted by atomic mass is 9.79. The number of aliphatic hydroxyl groups excluding tert-OH is 1. The summed E-state index contributed by atoms with van der Waals surface area (Å²) in [6, 6.07) is 34.7. The molecule has 3 heterocycles. The Labute approximate surface area is 283 Å². The van der Waals surface area contributed by atoms with Crippen molar-refractivity contribution in [3.8, 4) is 11.5 Å². The van der Waals surface area contributed by atoms with E-state index >= 15 is 0 Å². The fourth-order valence-electron chi connectivity index (χ4n) is 6.53. The lowest BCUT2D eigenvalue weighted by Crippen LogP contribution is -2.40. The molecule has 1 aliphatic rings. The van der Waals surface area contributed by atoms with E-state index in [1.807, 2.05) is 102 Å². The van der Waals surface area contributed by atoms with E-state index < -0.39 is 24.0 Å². The molecular weight excluding hydrogens is 620 g/mol. The van der Waals surface area contributed by atoms with Crippen molar-refractivity contribution in [2.24, 2.45) is 0 Å². The van der Waals surface area contributed by atoms with Crippen LogP contribution in [0.5, 0.6) is 11.5 Å². The molecule has 10 nitrogen and oxygen atoms in total. The van der Waals surface area contributed by atoms with Crippen LogP contribution in [0.4, 0.5) is 0 Å². The quantitative estimate of drug-likeness (QED) is 0.126. The summed E-state index contributed by atoms with van der Waals surface area (Å²) in [4.78, 5) is 26.6. The predicted molar refractivity (Wildman–Crippen MR) is 183 cm³/mol. The Morgan fingerprint density at radius 1 is 0.816 bits per heavy atom. The zero-order chi connectivity index (χ0) is 33.8. The minimum Gasteiger partial charge on any atom is -0.497 e. The van der Waals surface area contributed by atoms with E-state index in [9.17, 15) is 9.90 Å². The van der Waals surface area contributed by atoms with Gasteiger partial charge in [-0.05, 0) is 41.0 Å². The smallest absolute Gasteiger partial charge is 0.168 e. The zero-order valence-electron chi connectivity index (χ0n) is 27.2. The Bertz CT molecular complexity index is 1970. The van der Waals surface area contributed by atoms with Gasteiger partial charge in [0, 0.05) is 12.0 Å². The van der Waals surface area contributed by atoms with Crippen LogP contribution in [0.2, 0.25) is 0 Å². The Morgan fingerprint density at radius 3 is 2.00 bits per heavy atom. The number of hydrogen-bond acceptors (Lipinski definition) is 9. The molecule has 2 aromatic heterocycles. The monoisotopic (exact) mass is 656 g/mol. The number of Topliss-reactive ketones (excluding diaryl/α,β-unsaturated/α-hetero) is 1. The highest BCUT2D eigenvalue weighted by atomic mass is 16.6. The summed E-state index contributed by atoms with van der Waals surface area (Å²) in [5.41, 5.74) is 3.75. The number of imidazole rings is 1. The number of methoxy groups -OCH3 is 2. The second kappa shape index (κ2) is 14.0. The first kappa shape index (κ1) is 32.1. The number of aromatic nitrogens is 4. The molecule has 49 heavy (non-hydrogen) atoms. The summed E-state index contributed by atoms with van der Waals surface area (Å²) >= 11 is 0. The molecule has 10 heteroatoms. The van der Waals surface area contributed by atoms with Gasteiger partial charge in [0.2, 0.25) is 0 Å². The molecule has 3 atom stereocenters. The van der Waals surface area contributed by atoms with E-state index in [2.05, 4.69) is 15.0 Å². The third-order valence-corrected chi connectivity index (χ3v) is 9.03. The van der Waals surface area contributed by atoms with Gasteiger partial charge in [0.15, 0.2) is 11.4 Å². The van der Waals surface area contributed by atoms with Gasteiger partial charge in [-0.1, -0.05) is 84.9 Å². The number of aliphatic hydroxyl groups is 1. The fourth-order valence-corrected chi connectivity index (χ4v) is 6.53. The van der Waals surface area contributed by atoms with Gasteiger partial charge >= 0.3 is 0 Å². The Morgan fingerprint density at radius 2 is 1.41 bits per heavy atom. The average molecular weight is 657 g/mol. The van der Waals surface area contributed by atoms with Crippen molar-refractivity contribution >= 4 is 16.9 Å². The van der Waals surface area contributed by atoms with Crippen molar-refractivity contribution in [3.63, 3.8) is 0 Å².